The summed E-state index contributed by atoms with van der Waals surface area (Å²) in [6.07, 6.45) is 1.17. The van der Waals surface area contributed by atoms with Crippen LogP contribution in [-0.2, 0) is 0 Å². The summed E-state index contributed by atoms with van der Waals surface area (Å²) >= 11 is 3.62. The highest BCUT2D eigenvalue weighted by atomic mass is 32.1. The van der Waals surface area contributed by atoms with E-state index in [1.54, 1.807) is 11.3 Å². The van der Waals surface area contributed by atoms with Gasteiger partial charge in [0.05, 0.1) is 6.04 Å². The van der Waals surface area contributed by atoms with Crippen molar-refractivity contribution >= 4 is 22.7 Å². The lowest BCUT2D eigenvalue weighted by Gasteiger charge is -2.17. The van der Waals surface area contributed by atoms with Crippen LogP contribution in [0.15, 0.2) is 28.3 Å². The Hall–Kier alpha value is -0.640. The lowest BCUT2D eigenvalue weighted by molar-refractivity contribution is 0.605. The van der Waals surface area contributed by atoms with Gasteiger partial charge in [-0.3, -0.25) is 0 Å². The van der Waals surface area contributed by atoms with E-state index >= 15 is 0 Å². The molecule has 3 heteroatoms. The van der Waals surface area contributed by atoms with Crippen molar-refractivity contribution in [2.75, 3.05) is 6.54 Å². The fraction of sp³-hybridized carbons (Fsp3) is 0.385. The fourth-order valence-corrected chi connectivity index (χ4v) is 3.48. The van der Waals surface area contributed by atoms with Crippen LogP contribution >= 0.6 is 22.7 Å². The van der Waals surface area contributed by atoms with E-state index in [2.05, 4.69) is 47.4 Å². The molecule has 0 aliphatic heterocycles. The smallest absolute Gasteiger partial charge is 0.0681 e. The normalized spacial score (nSPS) is 12.9. The van der Waals surface area contributed by atoms with E-state index in [-0.39, 0.29) is 0 Å². The van der Waals surface area contributed by atoms with Crippen LogP contribution in [0.25, 0.3) is 0 Å². The molecule has 1 atom stereocenters. The first-order valence-corrected chi connectivity index (χ1v) is 7.44. The Bertz CT molecular complexity index is 417. The molecule has 2 heterocycles. The van der Waals surface area contributed by atoms with Crippen LogP contribution in [0.3, 0.4) is 0 Å². The second-order valence-electron chi connectivity index (χ2n) is 3.91. The lowest BCUT2D eigenvalue weighted by atomic mass is 10.1. The van der Waals surface area contributed by atoms with Crippen LogP contribution in [0.1, 0.15) is 35.4 Å². The summed E-state index contributed by atoms with van der Waals surface area (Å²) < 4.78 is 0. The third kappa shape index (κ3) is 2.54. The number of hydrogen-bond donors (Lipinski definition) is 1. The molecule has 2 aromatic heterocycles. The highest BCUT2D eigenvalue weighted by Crippen LogP contribution is 2.30. The average Bonchev–Trinajstić information content (AvgIpc) is 2.91. The molecule has 2 rings (SSSR count). The van der Waals surface area contributed by atoms with Gasteiger partial charge in [-0.2, -0.15) is 11.3 Å². The number of nitrogens with one attached hydrogen (secondary N) is 1. The molecule has 86 valence electrons. The minimum Gasteiger partial charge on any atom is -0.306 e. The molecule has 1 N–H and O–H groups in total. The maximum Gasteiger partial charge on any atom is 0.0681 e. The van der Waals surface area contributed by atoms with Crippen molar-refractivity contribution in [2.24, 2.45) is 0 Å². The van der Waals surface area contributed by atoms with E-state index in [1.807, 2.05) is 11.3 Å². The predicted molar refractivity (Wildman–Crippen MR) is 73.5 cm³/mol. The van der Waals surface area contributed by atoms with Gasteiger partial charge in [-0.25, -0.2) is 0 Å². The monoisotopic (exact) mass is 251 g/mol. The zero-order valence-corrected chi connectivity index (χ0v) is 11.3. The van der Waals surface area contributed by atoms with Gasteiger partial charge in [-0.1, -0.05) is 6.92 Å². The largest absolute Gasteiger partial charge is 0.306 e. The van der Waals surface area contributed by atoms with E-state index in [9.17, 15) is 0 Å². The topological polar surface area (TPSA) is 12.0 Å². The van der Waals surface area contributed by atoms with Crippen molar-refractivity contribution in [1.29, 1.82) is 0 Å². The quantitative estimate of drug-likeness (QED) is 0.839. The summed E-state index contributed by atoms with van der Waals surface area (Å²) in [6.45, 7) is 5.47. The van der Waals surface area contributed by atoms with Crippen molar-refractivity contribution in [1.82, 2.24) is 5.32 Å². The van der Waals surface area contributed by atoms with Crippen LogP contribution in [-0.4, -0.2) is 6.54 Å². The molecule has 0 aromatic carbocycles. The Morgan fingerprint density at radius 2 is 2.19 bits per heavy atom. The molecular weight excluding hydrogens is 234 g/mol. The summed E-state index contributed by atoms with van der Waals surface area (Å²) in [5, 5.41) is 10.2. The van der Waals surface area contributed by atoms with Crippen LogP contribution < -0.4 is 5.32 Å². The molecule has 0 aliphatic carbocycles. The van der Waals surface area contributed by atoms with E-state index < -0.39 is 0 Å². The molecule has 2 aromatic rings. The number of rotatable bonds is 5. The molecule has 0 aliphatic rings. The van der Waals surface area contributed by atoms with E-state index in [4.69, 9.17) is 0 Å². The van der Waals surface area contributed by atoms with Crippen molar-refractivity contribution in [2.45, 2.75) is 26.3 Å². The van der Waals surface area contributed by atoms with Gasteiger partial charge in [0.25, 0.3) is 0 Å². The third-order valence-electron chi connectivity index (χ3n) is 2.64. The molecule has 0 spiro atoms. The standard InChI is InChI=1S/C13H17NS2/c1-3-6-14-12(11-5-7-15-9-11)13-10(2)4-8-16-13/h4-5,7-9,12,14H,3,6H2,1-2H3. The van der Waals surface area contributed by atoms with Crippen LogP contribution in [0, 0.1) is 6.92 Å². The van der Waals surface area contributed by atoms with Crippen molar-refractivity contribution in [3.63, 3.8) is 0 Å². The number of aryl methyl sites for hydroxylation is 1. The van der Waals surface area contributed by atoms with Gasteiger partial charge < -0.3 is 5.32 Å². The van der Waals surface area contributed by atoms with E-state index in [0.717, 1.165) is 6.54 Å². The molecular formula is C13H17NS2. The van der Waals surface area contributed by atoms with Gasteiger partial charge in [0.2, 0.25) is 0 Å². The van der Waals surface area contributed by atoms with Gasteiger partial charge in [-0.15, -0.1) is 11.3 Å². The van der Waals surface area contributed by atoms with E-state index in [0.29, 0.717) is 6.04 Å². The first-order valence-electron chi connectivity index (χ1n) is 5.62. The van der Waals surface area contributed by atoms with Crippen molar-refractivity contribution in [3.8, 4) is 0 Å². The summed E-state index contributed by atoms with van der Waals surface area (Å²) in [5.74, 6) is 0. The molecule has 1 nitrogen and oxygen atoms in total. The lowest BCUT2D eigenvalue weighted by Crippen LogP contribution is -2.22. The molecule has 0 saturated heterocycles. The van der Waals surface area contributed by atoms with Crippen LogP contribution in [0.5, 0.6) is 0 Å². The minimum absolute atomic E-state index is 0.381. The highest BCUT2D eigenvalue weighted by molar-refractivity contribution is 7.10. The summed E-state index contributed by atoms with van der Waals surface area (Å²) in [5.41, 5.74) is 2.79. The second kappa shape index (κ2) is 5.62. The molecule has 0 saturated carbocycles. The van der Waals surface area contributed by atoms with Crippen molar-refractivity contribution in [3.05, 3.63) is 44.3 Å². The Kier molecular flexibility index (Phi) is 4.16. The third-order valence-corrected chi connectivity index (χ3v) is 4.42. The molecule has 0 radical (unpaired) electrons. The SMILES string of the molecule is CCCNC(c1ccsc1)c1sccc1C. The van der Waals surface area contributed by atoms with Gasteiger partial charge in [-0.05, 0) is 59.3 Å². The number of thiophene rings is 2. The summed E-state index contributed by atoms with van der Waals surface area (Å²) in [6, 6.07) is 4.80. The molecule has 0 amide bonds. The zero-order valence-electron chi connectivity index (χ0n) is 9.69. The maximum atomic E-state index is 3.63. The van der Waals surface area contributed by atoms with E-state index in [1.165, 1.54) is 22.4 Å². The maximum absolute atomic E-state index is 3.63. The first-order chi connectivity index (χ1) is 7.83. The number of hydrogen-bond acceptors (Lipinski definition) is 3. The summed E-state index contributed by atoms with van der Waals surface area (Å²) in [7, 11) is 0. The molecule has 16 heavy (non-hydrogen) atoms. The first kappa shape index (κ1) is 11.8. The summed E-state index contributed by atoms with van der Waals surface area (Å²) in [4.78, 5) is 1.45. The highest BCUT2D eigenvalue weighted by Gasteiger charge is 2.16. The van der Waals surface area contributed by atoms with Gasteiger partial charge in [0, 0.05) is 4.88 Å². The van der Waals surface area contributed by atoms with Gasteiger partial charge >= 0.3 is 0 Å². The van der Waals surface area contributed by atoms with Gasteiger partial charge in [0.1, 0.15) is 0 Å². The minimum atomic E-state index is 0.381. The van der Waals surface area contributed by atoms with Gasteiger partial charge in [0.15, 0.2) is 0 Å². The fourth-order valence-electron chi connectivity index (χ4n) is 1.77. The average molecular weight is 251 g/mol. The van der Waals surface area contributed by atoms with Crippen LogP contribution in [0.2, 0.25) is 0 Å². The molecule has 0 bridgehead atoms. The zero-order chi connectivity index (χ0) is 11.4. The predicted octanol–water partition coefficient (Wildman–Crippen LogP) is 4.21. The Morgan fingerprint density at radius 1 is 1.31 bits per heavy atom. The molecule has 0 fully saturated rings. The molecule has 1 unspecified atom stereocenters. The second-order valence-corrected chi connectivity index (χ2v) is 5.64. The Balaban J connectivity index is 2.25. The van der Waals surface area contributed by atoms with Crippen molar-refractivity contribution < 1.29 is 0 Å². The Morgan fingerprint density at radius 3 is 2.75 bits per heavy atom. The van der Waals surface area contributed by atoms with Crippen LogP contribution in [0.4, 0.5) is 0 Å². The Labute approximate surface area is 105 Å².